The van der Waals surface area contributed by atoms with Gasteiger partial charge in [-0.25, -0.2) is 4.79 Å². The van der Waals surface area contributed by atoms with Gasteiger partial charge < -0.3 is 10.4 Å². The zero-order valence-electron chi connectivity index (χ0n) is 8.33. The Morgan fingerprint density at radius 3 is 2.93 bits per heavy atom. The van der Waals surface area contributed by atoms with Crippen molar-refractivity contribution in [2.24, 2.45) is 0 Å². The molecule has 1 aromatic rings. The molecule has 0 aliphatic carbocycles. The van der Waals surface area contributed by atoms with Gasteiger partial charge in [-0.2, -0.15) is 0 Å². The van der Waals surface area contributed by atoms with Crippen molar-refractivity contribution in [3.05, 3.63) is 40.9 Å². The number of anilines is 1. The first kappa shape index (κ1) is 11.6. The SMILES string of the molecule is Cc1ccc(NC/C=C/C(=O)O)cc1Cl. The highest BCUT2D eigenvalue weighted by Gasteiger charge is 1.95. The first-order valence-corrected chi connectivity index (χ1v) is 4.87. The Hall–Kier alpha value is -1.48. The number of aryl methyl sites for hydroxylation is 1. The molecule has 0 spiro atoms. The lowest BCUT2D eigenvalue weighted by atomic mass is 10.2. The van der Waals surface area contributed by atoms with E-state index in [0.717, 1.165) is 17.3 Å². The van der Waals surface area contributed by atoms with Crippen LogP contribution in [0.1, 0.15) is 5.56 Å². The highest BCUT2D eigenvalue weighted by molar-refractivity contribution is 6.31. The second-order valence-electron chi connectivity index (χ2n) is 3.09. The van der Waals surface area contributed by atoms with Crippen LogP contribution in [0.15, 0.2) is 30.4 Å². The molecule has 80 valence electrons. The van der Waals surface area contributed by atoms with Crippen LogP contribution in [0.4, 0.5) is 5.69 Å². The van der Waals surface area contributed by atoms with Crippen LogP contribution in [0.2, 0.25) is 5.02 Å². The fraction of sp³-hybridized carbons (Fsp3) is 0.182. The minimum absolute atomic E-state index is 0.464. The molecular formula is C11H12ClNO2. The van der Waals surface area contributed by atoms with E-state index in [0.29, 0.717) is 11.6 Å². The van der Waals surface area contributed by atoms with Gasteiger partial charge in [-0.3, -0.25) is 0 Å². The Bertz CT molecular complexity index is 388. The summed E-state index contributed by atoms with van der Waals surface area (Å²) in [5, 5.41) is 12.1. The second-order valence-corrected chi connectivity index (χ2v) is 3.49. The molecule has 0 aliphatic heterocycles. The molecule has 0 unspecified atom stereocenters. The van der Waals surface area contributed by atoms with E-state index < -0.39 is 5.97 Å². The van der Waals surface area contributed by atoms with Gasteiger partial charge in [-0.15, -0.1) is 0 Å². The first-order chi connectivity index (χ1) is 7.09. The maximum absolute atomic E-state index is 10.2. The molecule has 0 heterocycles. The normalized spacial score (nSPS) is 10.5. The van der Waals surface area contributed by atoms with Crippen LogP contribution in [-0.4, -0.2) is 17.6 Å². The fourth-order valence-electron chi connectivity index (χ4n) is 1.04. The van der Waals surface area contributed by atoms with Crippen molar-refractivity contribution >= 4 is 23.3 Å². The van der Waals surface area contributed by atoms with Crippen molar-refractivity contribution < 1.29 is 9.90 Å². The number of carboxylic acid groups (broad SMARTS) is 1. The molecule has 0 aromatic heterocycles. The Morgan fingerprint density at radius 1 is 1.60 bits per heavy atom. The zero-order chi connectivity index (χ0) is 11.3. The number of hydrogen-bond acceptors (Lipinski definition) is 2. The Kier molecular flexibility index (Phi) is 4.18. The van der Waals surface area contributed by atoms with Gasteiger partial charge in [-0.1, -0.05) is 23.7 Å². The minimum atomic E-state index is -0.946. The number of carbonyl (C=O) groups is 1. The Labute approximate surface area is 93.4 Å². The molecule has 0 saturated carbocycles. The summed E-state index contributed by atoms with van der Waals surface area (Å²) in [6.45, 7) is 2.39. The number of rotatable bonds is 4. The van der Waals surface area contributed by atoms with Gasteiger partial charge in [0, 0.05) is 23.3 Å². The van der Waals surface area contributed by atoms with Gasteiger partial charge >= 0.3 is 5.97 Å². The quantitative estimate of drug-likeness (QED) is 0.775. The number of nitrogens with one attached hydrogen (secondary N) is 1. The van der Waals surface area contributed by atoms with Gasteiger partial charge in [0.2, 0.25) is 0 Å². The lowest BCUT2D eigenvalue weighted by Crippen LogP contribution is -1.99. The molecule has 3 nitrogen and oxygen atoms in total. The van der Waals surface area contributed by atoms with Crippen molar-refractivity contribution in [1.82, 2.24) is 0 Å². The third-order valence-corrected chi connectivity index (χ3v) is 2.26. The van der Waals surface area contributed by atoms with E-state index in [2.05, 4.69) is 5.32 Å². The van der Waals surface area contributed by atoms with Crippen LogP contribution in [0.3, 0.4) is 0 Å². The maximum atomic E-state index is 10.2. The van der Waals surface area contributed by atoms with Crippen LogP contribution < -0.4 is 5.32 Å². The Balaban J connectivity index is 2.51. The molecule has 0 fully saturated rings. The van der Waals surface area contributed by atoms with Crippen LogP contribution in [0, 0.1) is 6.92 Å². The molecule has 0 saturated heterocycles. The fourth-order valence-corrected chi connectivity index (χ4v) is 1.22. The summed E-state index contributed by atoms with van der Waals surface area (Å²) in [7, 11) is 0. The summed E-state index contributed by atoms with van der Waals surface area (Å²) < 4.78 is 0. The summed E-state index contributed by atoms with van der Waals surface area (Å²) in [5.74, 6) is -0.946. The van der Waals surface area contributed by atoms with Crippen LogP contribution in [0.25, 0.3) is 0 Å². The third-order valence-electron chi connectivity index (χ3n) is 1.86. The number of carboxylic acids is 1. The Morgan fingerprint density at radius 2 is 2.33 bits per heavy atom. The van der Waals surface area contributed by atoms with Crippen molar-refractivity contribution in [1.29, 1.82) is 0 Å². The smallest absolute Gasteiger partial charge is 0.328 e. The number of benzene rings is 1. The van der Waals surface area contributed by atoms with Gasteiger partial charge in [0.15, 0.2) is 0 Å². The molecule has 1 aromatic carbocycles. The lowest BCUT2D eigenvalue weighted by Gasteiger charge is -2.04. The summed E-state index contributed by atoms with van der Waals surface area (Å²) in [6, 6.07) is 5.62. The topological polar surface area (TPSA) is 49.3 Å². The van der Waals surface area contributed by atoms with E-state index >= 15 is 0 Å². The number of halogens is 1. The van der Waals surface area contributed by atoms with E-state index in [1.54, 1.807) is 0 Å². The molecule has 0 atom stereocenters. The molecule has 15 heavy (non-hydrogen) atoms. The lowest BCUT2D eigenvalue weighted by molar-refractivity contribution is -0.131. The zero-order valence-corrected chi connectivity index (χ0v) is 9.08. The molecule has 4 heteroatoms. The predicted molar refractivity (Wildman–Crippen MR) is 61.5 cm³/mol. The molecule has 0 bridgehead atoms. The van der Waals surface area contributed by atoms with E-state index in [4.69, 9.17) is 16.7 Å². The van der Waals surface area contributed by atoms with Crippen LogP contribution >= 0.6 is 11.6 Å². The minimum Gasteiger partial charge on any atom is -0.478 e. The molecule has 0 aliphatic rings. The van der Waals surface area contributed by atoms with Gasteiger partial charge in [0.05, 0.1) is 0 Å². The maximum Gasteiger partial charge on any atom is 0.328 e. The van der Waals surface area contributed by atoms with E-state index in [1.165, 1.54) is 6.08 Å². The standard InChI is InChI=1S/C11H12ClNO2/c1-8-4-5-9(7-10(8)12)13-6-2-3-11(14)15/h2-5,7,13H,6H2,1H3,(H,14,15)/b3-2+. The molecule has 0 radical (unpaired) electrons. The van der Waals surface area contributed by atoms with Crippen LogP contribution in [0.5, 0.6) is 0 Å². The molecule has 2 N–H and O–H groups in total. The summed E-state index contributed by atoms with van der Waals surface area (Å²) >= 11 is 5.92. The summed E-state index contributed by atoms with van der Waals surface area (Å²) in [4.78, 5) is 10.2. The van der Waals surface area contributed by atoms with Crippen LogP contribution in [-0.2, 0) is 4.79 Å². The highest BCUT2D eigenvalue weighted by Crippen LogP contribution is 2.19. The molecule has 0 amide bonds. The summed E-state index contributed by atoms with van der Waals surface area (Å²) in [6.07, 6.45) is 2.64. The van der Waals surface area contributed by atoms with Gasteiger partial charge in [0.1, 0.15) is 0 Å². The average Bonchev–Trinajstić information content (AvgIpc) is 2.18. The average molecular weight is 226 g/mol. The third kappa shape index (κ3) is 4.04. The first-order valence-electron chi connectivity index (χ1n) is 4.49. The van der Waals surface area contributed by atoms with E-state index in [9.17, 15) is 4.79 Å². The number of aliphatic carboxylic acids is 1. The van der Waals surface area contributed by atoms with Crippen molar-refractivity contribution in [3.63, 3.8) is 0 Å². The largest absolute Gasteiger partial charge is 0.478 e. The highest BCUT2D eigenvalue weighted by atomic mass is 35.5. The summed E-state index contributed by atoms with van der Waals surface area (Å²) in [5.41, 5.74) is 1.89. The van der Waals surface area contributed by atoms with Crippen molar-refractivity contribution in [2.45, 2.75) is 6.92 Å². The van der Waals surface area contributed by atoms with Gasteiger partial charge in [0.25, 0.3) is 0 Å². The predicted octanol–water partition coefficient (Wildman–Crippen LogP) is 2.70. The van der Waals surface area contributed by atoms with E-state index in [1.807, 2.05) is 25.1 Å². The molecule has 1 rings (SSSR count). The number of hydrogen-bond donors (Lipinski definition) is 2. The van der Waals surface area contributed by atoms with E-state index in [-0.39, 0.29) is 0 Å². The second kappa shape index (κ2) is 5.41. The molecular weight excluding hydrogens is 214 g/mol. The monoisotopic (exact) mass is 225 g/mol. The van der Waals surface area contributed by atoms with Gasteiger partial charge in [-0.05, 0) is 24.6 Å². The van der Waals surface area contributed by atoms with Crippen molar-refractivity contribution in [3.8, 4) is 0 Å². The van der Waals surface area contributed by atoms with Crippen molar-refractivity contribution in [2.75, 3.05) is 11.9 Å².